The minimum absolute atomic E-state index is 0.0161. The van der Waals surface area contributed by atoms with Crippen LogP contribution in [0.4, 0.5) is 0 Å². The third-order valence-electron chi connectivity index (χ3n) is 5.18. The molecule has 0 saturated carbocycles. The van der Waals surface area contributed by atoms with Crippen molar-refractivity contribution in [3.8, 4) is 17.4 Å². The van der Waals surface area contributed by atoms with Gasteiger partial charge in [-0.05, 0) is 55.3 Å². The van der Waals surface area contributed by atoms with Crippen molar-refractivity contribution in [2.24, 2.45) is 0 Å². The first kappa shape index (κ1) is 22.9. The summed E-state index contributed by atoms with van der Waals surface area (Å²) >= 11 is 12.1. The number of hydrogen-bond acceptors (Lipinski definition) is 4. The minimum Gasteiger partial charge on any atom is -0.457 e. The lowest BCUT2D eigenvalue weighted by atomic mass is 9.94. The van der Waals surface area contributed by atoms with Crippen molar-refractivity contribution in [2.45, 2.75) is 39.5 Å². The lowest BCUT2D eigenvalue weighted by Crippen LogP contribution is -2.43. The highest BCUT2D eigenvalue weighted by atomic mass is 35.5. The smallest absolute Gasteiger partial charge is 0.271 e. The molecule has 2 aromatic rings. The lowest BCUT2D eigenvalue weighted by molar-refractivity contribution is -0.140. The summed E-state index contributed by atoms with van der Waals surface area (Å²) in [6.07, 6.45) is 5.28. The van der Waals surface area contributed by atoms with Gasteiger partial charge in [-0.1, -0.05) is 49.4 Å². The Hall–Kier alpha value is -2.81. The summed E-state index contributed by atoms with van der Waals surface area (Å²) in [5.41, 5.74) is 1.36. The molecule has 0 fully saturated rings. The predicted molar refractivity (Wildman–Crippen MR) is 121 cm³/mol. The van der Waals surface area contributed by atoms with E-state index in [9.17, 15) is 14.9 Å². The van der Waals surface area contributed by atoms with E-state index >= 15 is 0 Å². The van der Waals surface area contributed by atoms with E-state index in [1.807, 2.05) is 6.07 Å². The molecule has 1 aromatic heterocycles. The van der Waals surface area contributed by atoms with Gasteiger partial charge in [0.15, 0.2) is 0 Å². The van der Waals surface area contributed by atoms with Crippen LogP contribution in [0, 0.1) is 11.3 Å². The summed E-state index contributed by atoms with van der Waals surface area (Å²) in [4.78, 5) is 26.9. The number of furan rings is 1. The molecule has 1 aromatic carbocycles. The zero-order chi connectivity index (χ0) is 22.5. The van der Waals surface area contributed by atoms with Crippen LogP contribution in [0.3, 0.4) is 0 Å². The van der Waals surface area contributed by atoms with Crippen molar-refractivity contribution in [1.82, 2.24) is 4.90 Å². The molecule has 0 bridgehead atoms. The average Bonchev–Trinajstić information content (AvgIpc) is 3.21. The van der Waals surface area contributed by atoms with Crippen LogP contribution in [0.2, 0.25) is 10.0 Å². The Bertz CT molecular complexity index is 1120. The number of imide groups is 1. The second-order valence-electron chi connectivity index (χ2n) is 7.32. The number of unbranched alkanes of at least 4 members (excludes halogenated alkanes) is 3. The van der Waals surface area contributed by atoms with Crippen molar-refractivity contribution in [1.29, 1.82) is 5.26 Å². The van der Waals surface area contributed by atoms with Crippen molar-refractivity contribution in [3.63, 3.8) is 0 Å². The molecule has 160 valence electrons. The highest BCUT2D eigenvalue weighted by Crippen LogP contribution is 2.32. The van der Waals surface area contributed by atoms with Crippen molar-refractivity contribution >= 4 is 41.1 Å². The van der Waals surface area contributed by atoms with E-state index in [0.717, 1.165) is 29.7 Å². The highest BCUT2D eigenvalue weighted by Gasteiger charge is 2.35. The van der Waals surface area contributed by atoms with Gasteiger partial charge in [-0.15, -0.1) is 0 Å². The second kappa shape index (κ2) is 10.00. The third kappa shape index (κ3) is 4.92. The van der Waals surface area contributed by atoms with Gasteiger partial charge in [-0.3, -0.25) is 14.5 Å². The van der Waals surface area contributed by atoms with E-state index in [1.54, 1.807) is 43.3 Å². The summed E-state index contributed by atoms with van der Waals surface area (Å²) in [5.74, 6) is 0.0460. The molecule has 0 saturated heterocycles. The van der Waals surface area contributed by atoms with E-state index in [1.165, 1.54) is 0 Å². The van der Waals surface area contributed by atoms with Crippen LogP contribution in [0.5, 0.6) is 0 Å². The van der Waals surface area contributed by atoms with E-state index in [4.69, 9.17) is 27.6 Å². The van der Waals surface area contributed by atoms with Crippen LogP contribution >= 0.6 is 23.2 Å². The monoisotopic (exact) mass is 456 g/mol. The maximum atomic E-state index is 13.1. The Balaban J connectivity index is 1.92. The number of halogens is 2. The molecule has 1 aliphatic heterocycles. The molecule has 31 heavy (non-hydrogen) atoms. The molecule has 0 spiro atoms. The Morgan fingerprint density at radius 1 is 1.06 bits per heavy atom. The van der Waals surface area contributed by atoms with Crippen LogP contribution in [0.15, 0.2) is 51.5 Å². The number of amides is 2. The predicted octanol–water partition coefficient (Wildman–Crippen LogP) is 6.43. The van der Waals surface area contributed by atoms with Crippen molar-refractivity contribution < 1.29 is 14.0 Å². The van der Waals surface area contributed by atoms with Gasteiger partial charge < -0.3 is 4.42 Å². The number of hydrogen-bond donors (Lipinski definition) is 0. The van der Waals surface area contributed by atoms with Gasteiger partial charge in [0.25, 0.3) is 11.8 Å². The number of nitrogens with zero attached hydrogens (tertiary/aromatic N) is 2. The van der Waals surface area contributed by atoms with Gasteiger partial charge in [0.2, 0.25) is 0 Å². The Morgan fingerprint density at radius 3 is 2.52 bits per heavy atom. The molecule has 3 rings (SSSR count). The first-order valence-corrected chi connectivity index (χ1v) is 10.9. The molecule has 1 aliphatic rings. The maximum absolute atomic E-state index is 13.1. The summed E-state index contributed by atoms with van der Waals surface area (Å²) in [6, 6.07) is 10.6. The lowest BCUT2D eigenvalue weighted by Gasteiger charge is -2.27. The van der Waals surface area contributed by atoms with Crippen LogP contribution in [-0.2, 0) is 9.59 Å². The van der Waals surface area contributed by atoms with Crippen LogP contribution < -0.4 is 0 Å². The maximum Gasteiger partial charge on any atom is 0.271 e. The molecule has 0 radical (unpaired) electrons. The highest BCUT2D eigenvalue weighted by molar-refractivity contribution is 6.42. The molecule has 5 nitrogen and oxygen atoms in total. The standard InChI is InChI=1S/C24H22Cl2N2O3/c1-3-4-5-6-11-28-23(29)18(15(2)19(14-27)24(28)30)13-17-8-10-22(31-17)16-7-9-20(25)21(26)12-16/h7-10,12-13H,3-6,11H2,1-2H3/b18-13+. The molecule has 0 atom stereocenters. The van der Waals surface area contributed by atoms with Gasteiger partial charge in [-0.25, -0.2) is 0 Å². The zero-order valence-corrected chi connectivity index (χ0v) is 18.9. The Labute approximate surface area is 191 Å². The SMILES string of the molecule is CCCCCCN1C(=O)C(C#N)=C(C)/C(=C\c2ccc(-c3ccc(Cl)c(Cl)c3)o2)C1=O. The average molecular weight is 457 g/mol. The first-order chi connectivity index (χ1) is 14.9. The quantitative estimate of drug-likeness (QED) is 0.273. The van der Waals surface area contributed by atoms with Crippen LogP contribution in [0.25, 0.3) is 17.4 Å². The van der Waals surface area contributed by atoms with E-state index in [2.05, 4.69) is 6.92 Å². The molecular weight excluding hydrogens is 435 g/mol. The summed E-state index contributed by atoms with van der Waals surface area (Å²) in [5, 5.41) is 10.3. The van der Waals surface area contributed by atoms with Crippen LogP contribution in [0.1, 0.15) is 45.3 Å². The number of benzene rings is 1. The molecule has 7 heteroatoms. The summed E-state index contributed by atoms with van der Waals surface area (Å²) in [6.45, 7) is 3.99. The number of nitriles is 1. The summed E-state index contributed by atoms with van der Waals surface area (Å²) < 4.78 is 5.87. The van der Waals surface area contributed by atoms with Gasteiger partial charge in [0.1, 0.15) is 23.2 Å². The van der Waals surface area contributed by atoms with Crippen molar-refractivity contribution in [2.75, 3.05) is 6.54 Å². The van der Waals surface area contributed by atoms with E-state index in [0.29, 0.717) is 40.1 Å². The number of carbonyl (C=O) groups excluding carboxylic acids is 2. The topological polar surface area (TPSA) is 74.3 Å². The van der Waals surface area contributed by atoms with Gasteiger partial charge >= 0.3 is 0 Å². The molecule has 2 heterocycles. The second-order valence-corrected chi connectivity index (χ2v) is 8.14. The van der Waals surface area contributed by atoms with Gasteiger partial charge in [0, 0.05) is 17.7 Å². The van der Waals surface area contributed by atoms with Gasteiger partial charge in [-0.2, -0.15) is 5.26 Å². The molecule has 0 aliphatic carbocycles. The molecule has 0 unspecified atom stereocenters. The minimum atomic E-state index is -0.533. The molecule has 2 amide bonds. The Morgan fingerprint density at radius 2 is 1.84 bits per heavy atom. The molecule has 0 N–H and O–H groups in total. The van der Waals surface area contributed by atoms with Gasteiger partial charge in [0.05, 0.1) is 10.0 Å². The molecular formula is C24H22Cl2N2O3. The fourth-order valence-corrected chi connectivity index (χ4v) is 3.70. The largest absolute Gasteiger partial charge is 0.457 e. The van der Waals surface area contributed by atoms with E-state index in [-0.39, 0.29) is 11.1 Å². The summed E-state index contributed by atoms with van der Waals surface area (Å²) in [7, 11) is 0. The zero-order valence-electron chi connectivity index (χ0n) is 17.4. The number of carbonyl (C=O) groups is 2. The van der Waals surface area contributed by atoms with Crippen molar-refractivity contribution in [3.05, 3.63) is 62.9 Å². The fraction of sp³-hybridized carbons (Fsp3) is 0.292. The number of rotatable bonds is 7. The normalized spacial score (nSPS) is 15.7. The fourth-order valence-electron chi connectivity index (χ4n) is 3.41. The van der Waals surface area contributed by atoms with E-state index < -0.39 is 11.8 Å². The first-order valence-electron chi connectivity index (χ1n) is 10.1. The van der Waals surface area contributed by atoms with Crippen LogP contribution in [-0.4, -0.2) is 23.3 Å². The third-order valence-corrected chi connectivity index (χ3v) is 5.92. The Kier molecular flexibility index (Phi) is 7.37.